The highest BCUT2D eigenvalue weighted by molar-refractivity contribution is 7.80. The number of rotatable bonds is 6. The molecule has 4 rings (SSSR count). The molecule has 1 N–H and O–H groups in total. The molecule has 0 aromatic heterocycles. The largest absolute Gasteiger partial charge is 0.488 e. The second kappa shape index (κ2) is 9.79. The normalized spacial score (nSPS) is 15.0. The van der Waals surface area contributed by atoms with E-state index in [1.165, 1.54) is 10.5 Å². The summed E-state index contributed by atoms with van der Waals surface area (Å²) in [5, 5.41) is 2.69. The van der Waals surface area contributed by atoms with Crippen LogP contribution in [0, 0.1) is 6.92 Å². The quantitative estimate of drug-likeness (QED) is 0.323. The summed E-state index contributed by atoms with van der Waals surface area (Å²) in [6.45, 7) is 4.47. The number of amides is 2. The first-order chi connectivity index (χ1) is 16.0. The Kier molecular flexibility index (Phi) is 6.66. The molecule has 1 aliphatic heterocycles. The summed E-state index contributed by atoms with van der Waals surface area (Å²) in [4.78, 5) is 27.3. The summed E-state index contributed by atoms with van der Waals surface area (Å²) < 4.78 is 6.01. The number of thiocarbonyl (C=S) groups is 1. The van der Waals surface area contributed by atoms with Crippen LogP contribution in [0.3, 0.4) is 0 Å². The number of nitrogens with zero attached hydrogens (tertiary/aromatic N) is 1. The number of aryl methyl sites for hydroxylation is 2. The van der Waals surface area contributed by atoms with E-state index in [-0.39, 0.29) is 10.7 Å². The Labute approximate surface area is 198 Å². The van der Waals surface area contributed by atoms with E-state index in [1.807, 2.05) is 79.7 Å². The van der Waals surface area contributed by atoms with E-state index in [9.17, 15) is 9.59 Å². The lowest BCUT2D eigenvalue weighted by Crippen LogP contribution is -2.54. The molecule has 6 heteroatoms. The highest BCUT2D eigenvalue weighted by Crippen LogP contribution is 2.26. The summed E-state index contributed by atoms with van der Waals surface area (Å²) in [5.41, 5.74) is 4.59. The zero-order valence-corrected chi connectivity index (χ0v) is 19.3. The summed E-state index contributed by atoms with van der Waals surface area (Å²) in [7, 11) is 0. The molecule has 0 saturated carbocycles. The number of anilines is 1. The van der Waals surface area contributed by atoms with Crippen molar-refractivity contribution in [2.24, 2.45) is 0 Å². The van der Waals surface area contributed by atoms with Crippen LogP contribution in [0.4, 0.5) is 5.69 Å². The molecule has 3 aromatic rings. The Balaban J connectivity index is 1.62. The summed E-state index contributed by atoms with van der Waals surface area (Å²) in [6, 6.07) is 22.9. The van der Waals surface area contributed by atoms with E-state index in [0.717, 1.165) is 17.5 Å². The molecular weight excluding hydrogens is 432 g/mol. The molecule has 3 aromatic carbocycles. The number of benzene rings is 3. The topological polar surface area (TPSA) is 58.6 Å². The average molecular weight is 457 g/mol. The molecule has 0 unspecified atom stereocenters. The van der Waals surface area contributed by atoms with E-state index in [1.54, 1.807) is 6.08 Å². The molecule has 1 fully saturated rings. The Hall–Kier alpha value is -3.77. The van der Waals surface area contributed by atoms with Gasteiger partial charge in [0.25, 0.3) is 11.8 Å². The van der Waals surface area contributed by atoms with Crippen LogP contribution in [0.5, 0.6) is 5.75 Å². The fourth-order valence-electron chi connectivity index (χ4n) is 3.50. The number of carbonyl (C=O) groups excluding carboxylic acids is 2. The van der Waals surface area contributed by atoms with Crippen LogP contribution in [0.1, 0.15) is 29.2 Å². The minimum absolute atomic E-state index is 0.00504. The van der Waals surface area contributed by atoms with Gasteiger partial charge >= 0.3 is 0 Å². The van der Waals surface area contributed by atoms with E-state index in [4.69, 9.17) is 17.0 Å². The highest BCUT2D eigenvalue weighted by Gasteiger charge is 2.34. The maximum absolute atomic E-state index is 13.3. The zero-order chi connectivity index (χ0) is 23.4. The van der Waals surface area contributed by atoms with Crippen LogP contribution in [0.25, 0.3) is 6.08 Å². The van der Waals surface area contributed by atoms with Crippen molar-refractivity contribution in [1.29, 1.82) is 0 Å². The smallest absolute Gasteiger partial charge is 0.270 e. The molecule has 1 aliphatic rings. The van der Waals surface area contributed by atoms with Crippen molar-refractivity contribution in [3.8, 4) is 5.75 Å². The zero-order valence-electron chi connectivity index (χ0n) is 18.5. The van der Waals surface area contributed by atoms with Crippen LogP contribution in [0.2, 0.25) is 0 Å². The van der Waals surface area contributed by atoms with Gasteiger partial charge < -0.3 is 4.74 Å². The first-order valence-corrected chi connectivity index (χ1v) is 11.1. The fraction of sp³-hybridized carbons (Fsp3) is 0.148. The van der Waals surface area contributed by atoms with Crippen LogP contribution in [-0.4, -0.2) is 16.9 Å². The predicted octanol–water partition coefficient (Wildman–Crippen LogP) is 4.97. The molecule has 2 amide bonds. The van der Waals surface area contributed by atoms with Gasteiger partial charge in [0.2, 0.25) is 0 Å². The third-order valence-electron chi connectivity index (χ3n) is 5.44. The highest BCUT2D eigenvalue weighted by atomic mass is 32.1. The maximum Gasteiger partial charge on any atom is 0.270 e. The van der Waals surface area contributed by atoms with Gasteiger partial charge in [-0.15, -0.1) is 0 Å². The lowest BCUT2D eigenvalue weighted by molar-refractivity contribution is -0.122. The summed E-state index contributed by atoms with van der Waals surface area (Å²) in [6.07, 6.45) is 2.44. The Morgan fingerprint density at radius 3 is 2.30 bits per heavy atom. The lowest BCUT2D eigenvalue weighted by atomic mass is 10.1. The van der Waals surface area contributed by atoms with E-state index < -0.39 is 11.8 Å². The SMILES string of the molecule is CCc1ccc(N2C(=O)/C(=C/c3ccccc3OCc3ccc(C)cc3)C(=O)NC2=S)cc1. The molecule has 0 bridgehead atoms. The first kappa shape index (κ1) is 22.4. The molecule has 5 nitrogen and oxygen atoms in total. The third-order valence-corrected chi connectivity index (χ3v) is 5.72. The number of hydrogen-bond donors (Lipinski definition) is 1. The van der Waals surface area contributed by atoms with Crippen LogP contribution in [0.15, 0.2) is 78.4 Å². The summed E-state index contributed by atoms with van der Waals surface area (Å²) in [5.74, 6) is -0.417. The van der Waals surface area contributed by atoms with Gasteiger partial charge in [0.15, 0.2) is 5.11 Å². The Morgan fingerprint density at radius 1 is 0.939 bits per heavy atom. The van der Waals surface area contributed by atoms with Crippen molar-refractivity contribution in [1.82, 2.24) is 5.32 Å². The standard InChI is InChI=1S/C27H24N2O3S/c1-3-19-12-14-22(15-13-19)29-26(31)23(25(30)28-27(29)33)16-21-6-4-5-7-24(21)32-17-20-10-8-18(2)9-11-20/h4-16H,3,17H2,1-2H3,(H,28,30,33)/b23-16+. The molecule has 1 saturated heterocycles. The van der Waals surface area contributed by atoms with Crippen LogP contribution >= 0.6 is 12.2 Å². The minimum Gasteiger partial charge on any atom is -0.488 e. The first-order valence-electron chi connectivity index (χ1n) is 10.7. The van der Waals surface area contributed by atoms with Gasteiger partial charge in [0.05, 0.1) is 5.69 Å². The second-order valence-corrected chi connectivity index (χ2v) is 8.18. The van der Waals surface area contributed by atoms with E-state index in [0.29, 0.717) is 23.6 Å². The van der Waals surface area contributed by atoms with Crippen molar-refractivity contribution in [2.45, 2.75) is 26.9 Å². The van der Waals surface area contributed by atoms with Gasteiger partial charge in [-0.25, -0.2) is 0 Å². The van der Waals surface area contributed by atoms with Gasteiger partial charge in [-0.05, 0) is 61.0 Å². The van der Waals surface area contributed by atoms with Crippen molar-refractivity contribution >= 4 is 40.9 Å². The van der Waals surface area contributed by atoms with E-state index in [2.05, 4.69) is 12.2 Å². The van der Waals surface area contributed by atoms with Gasteiger partial charge in [0.1, 0.15) is 17.9 Å². The van der Waals surface area contributed by atoms with Gasteiger partial charge in [-0.2, -0.15) is 0 Å². The number of ether oxygens (including phenoxy) is 1. The van der Waals surface area contributed by atoms with Crippen molar-refractivity contribution in [3.05, 3.63) is 101 Å². The average Bonchev–Trinajstić information content (AvgIpc) is 2.82. The number of nitrogens with one attached hydrogen (secondary N) is 1. The number of para-hydroxylation sites is 1. The molecule has 0 atom stereocenters. The number of hydrogen-bond acceptors (Lipinski definition) is 4. The molecule has 166 valence electrons. The van der Waals surface area contributed by atoms with Crippen LogP contribution < -0.4 is 15.0 Å². The van der Waals surface area contributed by atoms with Crippen molar-refractivity contribution in [2.75, 3.05) is 4.90 Å². The predicted molar refractivity (Wildman–Crippen MR) is 134 cm³/mol. The second-order valence-electron chi connectivity index (χ2n) is 7.79. The number of carbonyl (C=O) groups is 2. The molecule has 33 heavy (non-hydrogen) atoms. The molecule has 1 heterocycles. The minimum atomic E-state index is -0.528. The molecule has 0 radical (unpaired) electrons. The lowest BCUT2D eigenvalue weighted by Gasteiger charge is -2.29. The maximum atomic E-state index is 13.3. The van der Waals surface area contributed by atoms with E-state index >= 15 is 0 Å². The Morgan fingerprint density at radius 2 is 1.61 bits per heavy atom. The monoisotopic (exact) mass is 456 g/mol. The fourth-order valence-corrected chi connectivity index (χ4v) is 3.79. The van der Waals surface area contributed by atoms with Crippen molar-refractivity contribution < 1.29 is 14.3 Å². The third kappa shape index (κ3) is 5.02. The Bertz CT molecular complexity index is 1230. The van der Waals surface area contributed by atoms with Crippen molar-refractivity contribution in [3.63, 3.8) is 0 Å². The van der Waals surface area contributed by atoms with Gasteiger partial charge in [0, 0.05) is 5.56 Å². The van der Waals surface area contributed by atoms with Gasteiger partial charge in [-0.1, -0.05) is 67.1 Å². The van der Waals surface area contributed by atoms with Crippen LogP contribution in [-0.2, 0) is 22.6 Å². The summed E-state index contributed by atoms with van der Waals surface area (Å²) >= 11 is 5.29. The molecule has 0 aliphatic carbocycles. The van der Waals surface area contributed by atoms with Gasteiger partial charge in [-0.3, -0.25) is 19.8 Å². The molecule has 0 spiro atoms. The molecular formula is C27H24N2O3S.